The number of hydrogen-bond acceptors (Lipinski definition) is 5. The lowest BCUT2D eigenvalue weighted by molar-refractivity contribution is -0.149. The van der Waals surface area contributed by atoms with Gasteiger partial charge in [0.1, 0.15) is 11.4 Å². The van der Waals surface area contributed by atoms with Crippen LogP contribution in [-0.4, -0.2) is 53.4 Å². The lowest BCUT2D eigenvalue weighted by Gasteiger charge is -2.31. The number of rotatable bonds is 6. The van der Waals surface area contributed by atoms with Crippen LogP contribution in [-0.2, 0) is 9.53 Å². The van der Waals surface area contributed by atoms with E-state index in [0.29, 0.717) is 43.9 Å². The van der Waals surface area contributed by atoms with Gasteiger partial charge in [0, 0.05) is 18.7 Å². The van der Waals surface area contributed by atoms with Crippen LogP contribution in [0.15, 0.2) is 48.5 Å². The Hall–Kier alpha value is -3.61. The summed E-state index contributed by atoms with van der Waals surface area (Å²) in [5.74, 6) is 0.312. The highest BCUT2D eigenvalue weighted by Crippen LogP contribution is 2.28. The summed E-state index contributed by atoms with van der Waals surface area (Å²) >= 11 is 0. The van der Waals surface area contributed by atoms with E-state index in [-0.39, 0.29) is 17.8 Å². The molecule has 0 unspecified atom stereocenters. The first-order valence-electron chi connectivity index (χ1n) is 11.7. The molecule has 2 heterocycles. The summed E-state index contributed by atoms with van der Waals surface area (Å²) in [5.41, 5.74) is 5.12. The second kappa shape index (κ2) is 10.1. The average Bonchev–Trinajstić information content (AvgIpc) is 3.29. The van der Waals surface area contributed by atoms with Crippen LogP contribution in [0, 0.1) is 19.8 Å². The predicted octanol–water partition coefficient (Wildman–Crippen LogP) is 4.58. The highest BCUT2D eigenvalue weighted by molar-refractivity contribution is 5.94. The highest BCUT2D eigenvalue weighted by Gasteiger charge is 2.30. The molecule has 1 saturated heterocycles. The largest absolute Gasteiger partial charge is 0.497 e. The molecule has 1 aliphatic rings. The summed E-state index contributed by atoms with van der Waals surface area (Å²) < 4.78 is 12.3. The van der Waals surface area contributed by atoms with Crippen molar-refractivity contribution in [2.24, 2.45) is 5.92 Å². The quantitative estimate of drug-likeness (QED) is 0.503. The fraction of sp³-hybridized carbons (Fsp3) is 0.370. The van der Waals surface area contributed by atoms with Crippen LogP contribution in [0.1, 0.15) is 41.4 Å². The first-order valence-corrected chi connectivity index (χ1v) is 11.7. The van der Waals surface area contributed by atoms with E-state index in [4.69, 9.17) is 14.6 Å². The molecule has 0 atom stereocenters. The van der Waals surface area contributed by atoms with Crippen molar-refractivity contribution in [2.75, 3.05) is 26.8 Å². The average molecular weight is 462 g/mol. The maximum Gasteiger partial charge on any atom is 0.309 e. The lowest BCUT2D eigenvalue weighted by Crippen LogP contribution is -2.41. The normalized spacial score (nSPS) is 14.2. The molecule has 3 aromatic rings. The van der Waals surface area contributed by atoms with Gasteiger partial charge in [-0.2, -0.15) is 5.10 Å². The number of hydrogen-bond donors (Lipinski definition) is 0. The summed E-state index contributed by atoms with van der Waals surface area (Å²) in [7, 11) is 1.63. The molecule has 2 aromatic carbocycles. The number of ether oxygens (including phenoxy) is 2. The maximum atomic E-state index is 13.7. The molecule has 0 radical (unpaired) electrons. The van der Waals surface area contributed by atoms with Crippen LogP contribution in [0.25, 0.3) is 16.9 Å². The molecule has 1 fully saturated rings. The number of aryl methyl sites for hydroxylation is 2. The molecular formula is C27H31N3O4. The fourth-order valence-corrected chi connectivity index (χ4v) is 4.42. The van der Waals surface area contributed by atoms with E-state index < -0.39 is 0 Å². The van der Waals surface area contributed by atoms with Crippen molar-refractivity contribution < 1.29 is 19.1 Å². The first-order chi connectivity index (χ1) is 16.4. The summed E-state index contributed by atoms with van der Waals surface area (Å²) in [5, 5.41) is 4.84. The zero-order valence-corrected chi connectivity index (χ0v) is 20.2. The minimum Gasteiger partial charge on any atom is -0.497 e. The summed E-state index contributed by atoms with van der Waals surface area (Å²) in [6.45, 7) is 7.27. The monoisotopic (exact) mass is 461 g/mol. The molecule has 1 aliphatic heterocycles. The number of aromatic nitrogens is 2. The van der Waals surface area contributed by atoms with Gasteiger partial charge in [0.15, 0.2) is 0 Å². The van der Waals surface area contributed by atoms with Gasteiger partial charge in [0.05, 0.1) is 31.0 Å². The number of methoxy groups -OCH3 is 1. The lowest BCUT2D eigenvalue weighted by atomic mass is 9.97. The molecule has 4 rings (SSSR count). The van der Waals surface area contributed by atoms with E-state index in [0.717, 1.165) is 28.1 Å². The van der Waals surface area contributed by atoms with Gasteiger partial charge < -0.3 is 14.4 Å². The van der Waals surface area contributed by atoms with Gasteiger partial charge in [-0.3, -0.25) is 9.59 Å². The Morgan fingerprint density at radius 3 is 2.50 bits per heavy atom. The molecular weight excluding hydrogens is 430 g/mol. The van der Waals surface area contributed by atoms with Gasteiger partial charge in [-0.05, 0) is 63.4 Å². The van der Waals surface area contributed by atoms with E-state index in [9.17, 15) is 9.59 Å². The molecule has 0 saturated carbocycles. The Kier molecular flexibility index (Phi) is 7.01. The van der Waals surface area contributed by atoms with Gasteiger partial charge in [-0.15, -0.1) is 0 Å². The predicted molar refractivity (Wildman–Crippen MR) is 130 cm³/mol. The summed E-state index contributed by atoms with van der Waals surface area (Å²) in [6.07, 6.45) is 1.20. The Bertz CT molecular complexity index is 1190. The van der Waals surface area contributed by atoms with Crippen molar-refractivity contribution in [2.45, 2.75) is 33.6 Å². The van der Waals surface area contributed by atoms with Gasteiger partial charge in [0.2, 0.25) is 0 Å². The van der Waals surface area contributed by atoms with Crippen LogP contribution in [0.2, 0.25) is 0 Å². The highest BCUT2D eigenvalue weighted by atomic mass is 16.5. The Morgan fingerprint density at radius 1 is 1.06 bits per heavy atom. The fourth-order valence-electron chi connectivity index (χ4n) is 4.42. The molecule has 7 heteroatoms. The van der Waals surface area contributed by atoms with Crippen LogP contribution < -0.4 is 4.74 Å². The molecule has 7 nitrogen and oxygen atoms in total. The maximum absolute atomic E-state index is 13.7. The zero-order valence-electron chi connectivity index (χ0n) is 20.2. The molecule has 0 aliphatic carbocycles. The Morgan fingerprint density at radius 2 is 1.82 bits per heavy atom. The molecule has 34 heavy (non-hydrogen) atoms. The minimum atomic E-state index is -0.171. The second-order valence-electron chi connectivity index (χ2n) is 8.67. The van der Waals surface area contributed by atoms with Crippen LogP contribution in [0.5, 0.6) is 5.75 Å². The van der Waals surface area contributed by atoms with E-state index in [1.807, 2.05) is 68.1 Å². The number of nitrogens with zero attached hydrogens (tertiary/aromatic N) is 3. The van der Waals surface area contributed by atoms with E-state index in [2.05, 4.69) is 6.07 Å². The van der Waals surface area contributed by atoms with Crippen molar-refractivity contribution in [1.29, 1.82) is 0 Å². The minimum absolute atomic E-state index is 0.0936. The van der Waals surface area contributed by atoms with Crippen molar-refractivity contribution in [1.82, 2.24) is 14.7 Å². The van der Waals surface area contributed by atoms with E-state index in [1.54, 1.807) is 11.8 Å². The third-order valence-electron chi connectivity index (χ3n) is 6.28. The van der Waals surface area contributed by atoms with Crippen LogP contribution in [0.3, 0.4) is 0 Å². The molecule has 178 valence electrons. The SMILES string of the molecule is CCOC(=O)C1CCN(C(=O)c2cc(-c3cccc(OC)c3)nn2-c2ccc(C)cc2C)CC1. The topological polar surface area (TPSA) is 73.7 Å². The Balaban J connectivity index is 1.68. The Labute approximate surface area is 200 Å². The zero-order chi connectivity index (χ0) is 24.2. The second-order valence-corrected chi connectivity index (χ2v) is 8.67. The standard InChI is InChI=1S/C27H31N3O4/c1-5-34-27(32)20-11-13-29(14-12-20)26(31)25-17-23(21-7-6-8-22(16-21)33-4)28-30(25)24-10-9-18(2)15-19(24)3/h6-10,15-17,20H,5,11-14H2,1-4H3. The van der Waals surface area contributed by atoms with Gasteiger partial charge in [-0.1, -0.05) is 29.8 Å². The molecule has 1 amide bonds. The van der Waals surface area contributed by atoms with Gasteiger partial charge in [0.25, 0.3) is 5.91 Å². The van der Waals surface area contributed by atoms with Crippen LogP contribution in [0.4, 0.5) is 0 Å². The summed E-state index contributed by atoms with van der Waals surface area (Å²) in [4.78, 5) is 27.6. The smallest absolute Gasteiger partial charge is 0.309 e. The van der Waals surface area contributed by atoms with Crippen molar-refractivity contribution in [3.05, 3.63) is 65.4 Å². The number of benzene rings is 2. The first kappa shape index (κ1) is 23.5. The number of esters is 1. The third-order valence-corrected chi connectivity index (χ3v) is 6.28. The van der Waals surface area contributed by atoms with E-state index >= 15 is 0 Å². The van der Waals surface area contributed by atoms with Crippen molar-refractivity contribution in [3.8, 4) is 22.7 Å². The van der Waals surface area contributed by atoms with Crippen molar-refractivity contribution >= 4 is 11.9 Å². The van der Waals surface area contributed by atoms with Gasteiger partial charge >= 0.3 is 5.97 Å². The third kappa shape index (κ3) is 4.83. The molecule has 0 spiro atoms. The van der Waals surface area contributed by atoms with Gasteiger partial charge in [-0.25, -0.2) is 4.68 Å². The van der Waals surface area contributed by atoms with Crippen molar-refractivity contribution in [3.63, 3.8) is 0 Å². The number of amides is 1. The molecule has 1 aromatic heterocycles. The summed E-state index contributed by atoms with van der Waals surface area (Å²) in [6, 6.07) is 15.6. The van der Waals surface area contributed by atoms with E-state index in [1.165, 1.54) is 0 Å². The number of carbonyl (C=O) groups is 2. The number of piperidine rings is 1. The number of carbonyl (C=O) groups excluding carboxylic acids is 2. The van der Waals surface area contributed by atoms with Crippen LogP contribution >= 0.6 is 0 Å². The molecule has 0 N–H and O–H groups in total. The number of likely N-dealkylation sites (tertiary alicyclic amines) is 1. The molecule has 0 bridgehead atoms.